The molecular weight excluding hydrogens is 442 g/mol. The van der Waals surface area contributed by atoms with Crippen LogP contribution in [0.1, 0.15) is 40.0 Å². The number of thioether (sulfide) groups is 1. The SMILES string of the molecule is COCCn1c(SCC(=O)Nc2c(C)cc(C)cc2C)nc2sc3c(c2c1=O)CCCC3. The van der Waals surface area contributed by atoms with Crippen LogP contribution in [0.15, 0.2) is 22.1 Å². The fourth-order valence-electron chi connectivity index (χ4n) is 4.39. The van der Waals surface area contributed by atoms with Crippen LogP contribution in [0, 0.1) is 20.8 Å². The maximum absolute atomic E-state index is 13.4. The van der Waals surface area contributed by atoms with Crippen LogP contribution >= 0.6 is 23.1 Å². The quantitative estimate of drug-likeness (QED) is 0.401. The van der Waals surface area contributed by atoms with Crippen molar-refractivity contribution in [2.45, 2.75) is 58.2 Å². The van der Waals surface area contributed by atoms with Crippen molar-refractivity contribution in [3.8, 4) is 0 Å². The molecule has 3 aromatic rings. The van der Waals surface area contributed by atoms with E-state index in [0.29, 0.717) is 18.3 Å². The molecule has 2 heterocycles. The number of hydrogen-bond donors (Lipinski definition) is 1. The second-order valence-corrected chi connectivity index (χ2v) is 10.4. The number of aromatic nitrogens is 2. The molecule has 0 aliphatic heterocycles. The van der Waals surface area contributed by atoms with Crippen molar-refractivity contribution in [3.63, 3.8) is 0 Å². The fraction of sp³-hybridized carbons (Fsp3) is 0.458. The van der Waals surface area contributed by atoms with E-state index in [1.807, 2.05) is 20.8 Å². The lowest BCUT2D eigenvalue weighted by Crippen LogP contribution is -2.26. The van der Waals surface area contributed by atoms with Crippen molar-refractivity contribution >= 4 is 44.9 Å². The van der Waals surface area contributed by atoms with E-state index in [1.54, 1.807) is 23.0 Å². The maximum Gasteiger partial charge on any atom is 0.263 e. The van der Waals surface area contributed by atoms with E-state index in [9.17, 15) is 9.59 Å². The Hall–Kier alpha value is -2.16. The van der Waals surface area contributed by atoms with Gasteiger partial charge in [-0.15, -0.1) is 11.3 Å². The molecule has 0 radical (unpaired) electrons. The van der Waals surface area contributed by atoms with E-state index < -0.39 is 0 Å². The van der Waals surface area contributed by atoms with Crippen LogP contribution < -0.4 is 10.9 Å². The summed E-state index contributed by atoms with van der Waals surface area (Å²) in [5, 5.41) is 4.37. The number of anilines is 1. The average Bonchev–Trinajstić information content (AvgIpc) is 3.13. The molecule has 0 fully saturated rings. The number of rotatable bonds is 7. The molecule has 0 bridgehead atoms. The van der Waals surface area contributed by atoms with Gasteiger partial charge in [0.2, 0.25) is 5.91 Å². The maximum atomic E-state index is 13.4. The molecule has 1 N–H and O–H groups in total. The second kappa shape index (κ2) is 9.77. The minimum absolute atomic E-state index is 0.0143. The normalized spacial score (nSPS) is 13.4. The lowest BCUT2D eigenvalue weighted by atomic mass is 9.97. The summed E-state index contributed by atoms with van der Waals surface area (Å²) in [5.41, 5.74) is 5.28. The van der Waals surface area contributed by atoms with Gasteiger partial charge in [0.1, 0.15) is 4.83 Å². The Morgan fingerprint density at radius 1 is 1.22 bits per heavy atom. The van der Waals surface area contributed by atoms with E-state index in [4.69, 9.17) is 9.72 Å². The lowest BCUT2D eigenvalue weighted by molar-refractivity contribution is -0.113. The molecular formula is C24H29N3O3S2. The summed E-state index contributed by atoms with van der Waals surface area (Å²) in [7, 11) is 1.62. The van der Waals surface area contributed by atoms with Gasteiger partial charge in [0.05, 0.1) is 24.3 Å². The number of ether oxygens (including phenoxy) is 1. The number of fused-ring (bicyclic) bond motifs is 3. The summed E-state index contributed by atoms with van der Waals surface area (Å²) < 4.78 is 6.90. The molecule has 0 atom stereocenters. The number of nitrogens with zero attached hydrogens (tertiary/aromatic N) is 2. The van der Waals surface area contributed by atoms with Crippen molar-refractivity contribution in [3.05, 3.63) is 49.6 Å². The number of hydrogen-bond acceptors (Lipinski definition) is 6. The van der Waals surface area contributed by atoms with E-state index >= 15 is 0 Å². The highest BCUT2D eigenvalue weighted by molar-refractivity contribution is 7.99. The first kappa shape index (κ1) is 23.0. The monoisotopic (exact) mass is 471 g/mol. The fourth-order valence-corrected chi connectivity index (χ4v) is 6.52. The molecule has 1 aliphatic rings. The third kappa shape index (κ3) is 4.63. The van der Waals surface area contributed by atoms with Gasteiger partial charge in [0, 0.05) is 17.7 Å². The Labute approximate surface area is 196 Å². The smallest absolute Gasteiger partial charge is 0.263 e. The van der Waals surface area contributed by atoms with Crippen molar-refractivity contribution in [1.29, 1.82) is 0 Å². The van der Waals surface area contributed by atoms with Gasteiger partial charge >= 0.3 is 0 Å². The highest BCUT2D eigenvalue weighted by atomic mass is 32.2. The van der Waals surface area contributed by atoms with E-state index in [2.05, 4.69) is 17.4 Å². The van der Waals surface area contributed by atoms with Gasteiger partial charge < -0.3 is 10.1 Å². The zero-order valence-electron chi connectivity index (χ0n) is 19.0. The van der Waals surface area contributed by atoms with Gasteiger partial charge in [-0.05, 0) is 63.1 Å². The third-order valence-corrected chi connectivity index (χ3v) is 7.99. The number of methoxy groups -OCH3 is 1. The highest BCUT2D eigenvalue weighted by Gasteiger charge is 2.22. The first-order valence-corrected chi connectivity index (χ1v) is 12.7. The average molecular weight is 472 g/mol. The molecule has 0 saturated carbocycles. The van der Waals surface area contributed by atoms with Gasteiger partial charge in [-0.3, -0.25) is 14.2 Å². The molecule has 6 nitrogen and oxygen atoms in total. The van der Waals surface area contributed by atoms with Crippen molar-refractivity contribution < 1.29 is 9.53 Å². The molecule has 170 valence electrons. The summed E-state index contributed by atoms with van der Waals surface area (Å²) in [6.07, 6.45) is 4.25. The summed E-state index contributed by atoms with van der Waals surface area (Å²) in [6, 6.07) is 4.12. The largest absolute Gasteiger partial charge is 0.383 e. The van der Waals surface area contributed by atoms with Crippen molar-refractivity contribution in [2.75, 3.05) is 24.8 Å². The topological polar surface area (TPSA) is 73.2 Å². The van der Waals surface area contributed by atoms with Crippen LogP contribution in [0.25, 0.3) is 10.2 Å². The lowest BCUT2D eigenvalue weighted by Gasteiger charge is -2.14. The summed E-state index contributed by atoms with van der Waals surface area (Å²) in [4.78, 5) is 33.1. The minimum atomic E-state index is -0.108. The Morgan fingerprint density at radius 3 is 2.66 bits per heavy atom. The summed E-state index contributed by atoms with van der Waals surface area (Å²) >= 11 is 2.94. The molecule has 0 spiro atoms. The molecule has 32 heavy (non-hydrogen) atoms. The number of amides is 1. The zero-order chi connectivity index (χ0) is 22.8. The number of carbonyl (C=O) groups excluding carboxylic acids is 1. The molecule has 0 unspecified atom stereocenters. The molecule has 8 heteroatoms. The van der Waals surface area contributed by atoms with Crippen LogP contribution in [0.2, 0.25) is 0 Å². The minimum Gasteiger partial charge on any atom is -0.383 e. The Kier molecular flexibility index (Phi) is 7.02. The van der Waals surface area contributed by atoms with Crippen LogP contribution in [-0.2, 0) is 28.9 Å². The molecule has 0 saturated heterocycles. The number of carbonyl (C=O) groups is 1. The summed E-state index contributed by atoms with van der Waals surface area (Å²) in [6.45, 7) is 6.88. The Balaban J connectivity index is 1.60. The van der Waals surface area contributed by atoms with E-state index in [0.717, 1.165) is 52.7 Å². The Morgan fingerprint density at radius 2 is 1.94 bits per heavy atom. The highest BCUT2D eigenvalue weighted by Crippen LogP contribution is 2.34. The van der Waals surface area contributed by atoms with Gasteiger partial charge in [-0.2, -0.15) is 0 Å². The van der Waals surface area contributed by atoms with Gasteiger partial charge in [-0.1, -0.05) is 29.5 Å². The van der Waals surface area contributed by atoms with Crippen LogP contribution in [0.5, 0.6) is 0 Å². The zero-order valence-corrected chi connectivity index (χ0v) is 20.7. The molecule has 2 aromatic heterocycles. The van der Waals surface area contributed by atoms with Crippen LogP contribution in [-0.4, -0.2) is 34.9 Å². The Bertz CT molecular complexity index is 1210. The second-order valence-electron chi connectivity index (χ2n) is 8.35. The molecule has 1 aromatic carbocycles. The summed E-state index contributed by atoms with van der Waals surface area (Å²) in [5.74, 6) is 0.0751. The standard InChI is InChI=1S/C24H29N3O3S2/c1-14-11-15(2)21(16(3)12-14)25-19(28)13-31-24-26-22-20(23(29)27(24)9-10-30-4)17-7-5-6-8-18(17)32-22/h11-12H,5-10,13H2,1-4H3,(H,25,28). The van der Waals surface area contributed by atoms with Gasteiger partial charge in [-0.25, -0.2) is 4.98 Å². The van der Waals surface area contributed by atoms with Crippen molar-refractivity contribution in [2.24, 2.45) is 0 Å². The molecule has 1 aliphatic carbocycles. The number of nitrogens with one attached hydrogen (secondary N) is 1. The first-order valence-electron chi connectivity index (χ1n) is 10.9. The number of aryl methyl sites for hydroxylation is 5. The predicted octanol–water partition coefficient (Wildman–Crippen LogP) is 4.64. The number of benzene rings is 1. The third-order valence-electron chi connectivity index (χ3n) is 5.83. The first-order chi connectivity index (χ1) is 15.4. The van der Waals surface area contributed by atoms with E-state index in [-0.39, 0.29) is 17.2 Å². The van der Waals surface area contributed by atoms with Gasteiger partial charge in [0.15, 0.2) is 5.16 Å². The molecule has 1 amide bonds. The van der Waals surface area contributed by atoms with Crippen molar-refractivity contribution in [1.82, 2.24) is 9.55 Å². The predicted molar refractivity (Wildman–Crippen MR) is 132 cm³/mol. The van der Waals surface area contributed by atoms with E-state index in [1.165, 1.54) is 27.8 Å². The van der Waals surface area contributed by atoms with Crippen LogP contribution in [0.4, 0.5) is 5.69 Å². The number of thiophene rings is 1. The van der Waals surface area contributed by atoms with Gasteiger partial charge in [0.25, 0.3) is 5.56 Å². The van der Waals surface area contributed by atoms with Crippen LogP contribution in [0.3, 0.4) is 0 Å². The molecule has 4 rings (SSSR count).